The summed E-state index contributed by atoms with van der Waals surface area (Å²) in [4.78, 5) is 0. The molecule has 1 aliphatic heterocycles. The van der Waals surface area contributed by atoms with Crippen LogP contribution < -0.4 is 4.74 Å². The predicted molar refractivity (Wildman–Crippen MR) is 81.0 cm³/mol. The lowest BCUT2D eigenvalue weighted by Gasteiger charge is -2.29. The normalized spacial score (nSPS) is 23.5. The monoisotopic (exact) mass is 318 g/mol. The van der Waals surface area contributed by atoms with Crippen molar-refractivity contribution in [1.82, 2.24) is 0 Å². The van der Waals surface area contributed by atoms with Crippen LogP contribution in [-0.4, -0.2) is 71.3 Å². The number of phenols is 1. The number of phenolic OH excluding ortho intramolecular Hbond substituents is 1. The Kier molecular flexibility index (Phi) is 10.5. The molecule has 2 rings (SSSR count). The number of rotatable bonds is 2. The second kappa shape index (κ2) is 11.2. The Bertz CT molecular complexity index is 411. The van der Waals surface area contributed by atoms with Gasteiger partial charge in [-0.25, -0.2) is 0 Å². The van der Waals surface area contributed by atoms with Gasteiger partial charge in [0.1, 0.15) is 6.10 Å². The molecular formula is C15H26O7. The molecule has 0 saturated carbocycles. The van der Waals surface area contributed by atoms with Gasteiger partial charge < -0.3 is 35.0 Å². The minimum Gasteiger partial charge on any atom is -0.504 e. The third-order valence-electron chi connectivity index (χ3n) is 2.99. The van der Waals surface area contributed by atoms with Crippen molar-refractivity contribution in [3.8, 4) is 11.5 Å². The molecule has 0 spiro atoms. The standard InChI is InChI=1S/C8H10O2.C6H12O4.CH4O/c1-6-3-4-8(10-2)7(9)5-6;7-2-4-1-5(8)6(9)3-10-4;1-2/h3-5,9H,1-2H3;4-9H,1-3H2;2H,1H3. The lowest BCUT2D eigenvalue weighted by atomic mass is 10.0. The Morgan fingerprint density at radius 2 is 1.86 bits per heavy atom. The molecule has 3 unspecified atom stereocenters. The van der Waals surface area contributed by atoms with Crippen molar-refractivity contribution in [2.75, 3.05) is 27.4 Å². The topological polar surface area (TPSA) is 120 Å². The van der Waals surface area contributed by atoms with E-state index < -0.39 is 12.2 Å². The van der Waals surface area contributed by atoms with Crippen molar-refractivity contribution in [3.63, 3.8) is 0 Å². The van der Waals surface area contributed by atoms with E-state index in [1.807, 2.05) is 13.0 Å². The van der Waals surface area contributed by atoms with Gasteiger partial charge in [0, 0.05) is 13.5 Å². The van der Waals surface area contributed by atoms with Gasteiger partial charge in [-0.15, -0.1) is 0 Å². The van der Waals surface area contributed by atoms with E-state index in [9.17, 15) is 0 Å². The van der Waals surface area contributed by atoms with E-state index in [0.29, 0.717) is 12.2 Å². The number of aryl methyl sites for hydroxylation is 1. The van der Waals surface area contributed by atoms with Crippen molar-refractivity contribution in [2.24, 2.45) is 0 Å². The lowest BCUT2D eigenvalue weighted by Crippen LogP contribution is -2.42. The van der Waals surface area contributed by atoms with E-state index in [4.69, 9.17) is 35.0 Å². The van der Waals surface area contributed by atoms with Crippen molar-refractivity contribution in [2.45, 2.75) is 31.7 Å². The summed E-state index contributed by atoms with van der Waals surface area (Å²) in [5.41, 5.74) is 1.03. The molecular weight excluding hydrogens is 292 g/mol. The van der Waals surface area contributed by atoms with Crippen LogP contribution in [0.4, 0.5) is 0 Å². The number of methoxy groups -OCH3 is 1. The first-order valence-corrected chi connectivity index (χ1v) is 6.84. The van der Waals surface area contributed by atoms with Gasteiger partial charge in [-0.2, -0.15) is 0 Å². The average molecular weight is 318 g/mol. The Morgan fingerprint density at radius 1 is 1.23 bits per heavy atom. The van der Waals surface area contributed by atoms with Gasteiger partial charge in [0.15, 0.2) is 11.5 Å². The molecule has 0 aromatic heterocycles. The minimum atomic E-state index is -0.789. The first-order chi connectivity index (χ1) is 10.5. The molecule has 3 atom stereocenters. The Morgan fingerprint density at radius 3 is 2.32 bits per heavy atom. The number of hydrogen-bond donors (Lipinski definition) is 5. The summed E-state index contributed by atoms with van der Waals surface area (Å²) in [5.74, 6) is 0.716. The first kappa shape index (κ1) is 20.6. The van der Waals surface area contributed by atoms with E-state index in [1.54, 1.807) is 12.1 Å². The van der Waals surface area contributed by atoms with Crippen LogP contribution in [0.1, 0.15) is 12.0 Å². The van der Waals surface area contributed by atoms with Crippen LogP contribution in [-0.2, 0) is 4.74 Å². The zero-order valence-electron chi connectivity index (χ0n) is 13.1. The van der Waals surface area contributed by atoms with Crippen LogP contribution >= 0.6 is 0 Å². The van der Waals surface area contributed by atoms with Crippen molar-refractivity contribution in [3.05, 3.63) is 23.8 Å². The number of benzene rings is 1. The summed E-state index contributed by atoms with van der Waals surface area (Å²) in [7, 11) is 2.53. The van der Waals surface area contributed by atoms with Crippen molar-refractivity contribution in [1.29, 1.82) is 0 Å². The Labute approximate surface area is 130 Å². The zero-order chi connectivity index (χ0) is 17.1. The lowest BCUT2D eigenvalue weighted by molar-refractivity contribution is -0.131. The molecule has 1 aliphatic rings. The summed E-state index contributed by atoms with van der Waals surface area (Å²) in [5, 5.41) is 42.7. The molecule has 7 nitrogen and oxygen atoms in total. The second-order valence-electron chi connectivity index (χ2n) is 4.68. The highest BCUT2D eigenvalue weighted by atomic mass is 16.5. The number of hydrogen-bond acceptors (Lipinski definition) is 7. The fraction of sp³-hybridized carbons (Fsp3) is 0.600. The summed E-state index contributed by atoms with van der Waals surface area (Å²) in [6.07, 6.45) is -1.52. The van der Waals surface area contributed by atoms with Crippen molar-refractivity contribution >= 4 is 0 Å². The van der Waals surface area contributed by atoms with Crippen LogP contribution in [0.25, 0.3) is 0 Å². The summed E-state index contributed by atoms with van der Waals surface area (Å²) < 4.78 is 9.80. The molecule has 22 heavy (non-hydrogen) atoms. The van der Waals surface area contributed by atoms with Crippen LogP contribution in [0.3, 0.4) is 0 Å². The highest BCUT2D eigenvalue weighted by molar-refractivity contribution is 5.41. The molecule has 1 saturated heterocycles. The van der Waals surface area contributed by atoms with Gasteiger partial charge in [0.05, 0.1) is 32.5 Å². The van der Waals surface area contributed by atoms with Crippen molar-refractivity contribution < 1.29 is 35.0 Å². The van der Waals surface area contributed by atoms with Gasteiger partial charge in [0.25, 0.3) is 0 Å². The highest BCUT2D eigenvalue weighted by Gasteiger charge is 2.27. The summed E-state index contributed by atoms with van der Waals surface area (Å²) in [6.45, 7) is 1.94. The number of aliphatic hydroxyl groups excluding tert-OH is 4. The molecule has 7 heteroatoms. The van der Waals surface area contributed by atoms with Gasteiger partial charge in [-0.1, -0.05) is 6.07 Å². The van der Waals surface area contributed by atoms with Crippen LogP contribution in [0, 0.1) is 6.92 Å². The molecule has 5 N–H and O–H groups in total. The van der Waals surface area contributed by atoms with E-state index in [0.717, 1.165) is 12.7 Å². The molecule has 0 amide bonds. The maximum Gasteiger partial charge on any atom is 0.160 e. The molecule has 0 aliphatic carbocycles. The average Bonchev–Trinajstić information content (AvgIpc) is 2.53. The molecule has 1 aromatic carbocycles. The number of ether oxygens (including phenoxy) is 2. The molecule has 1 heterocycles. The predicted octanol–water partition coefficient (Wildman–Crippen LogP) is -0.193. The summed E-state index contributed by atoms with van der Waals surface area (Å²) in [6, 6.07) is 5.29. The molecule has 1 aromatic rings. The number of aromatic hydroxyl groups is 1. The second-order valence-corrected chi connectivity index (χ2v) is 4.68. The smallest absolute Gasteiger partial charge is 0.160 e. The number of aliphatic hydroxyl groups is 4. The van der Waals surface area contributed by atoms with Crippen LogP contribution in [0.15, 0.2) is 18.2 Å². The quantitative estimate of drug-likeness (QED) is 0.512. The van der Waals surface area contributed by atoms with E-state index in [-0.39, 0.29) is 25.1 Å². The maximum absolute atomic E-state index is 9.17. The first-order valence-electron chi connectivity index (χ1n) is 6.84. The third kappa shape index (κ3) is 7.06. The van der Waals surface area contributed by atoms with E-state index in [1.165, 1.54) is 7.11 Å². The van der Waals surface area contributed by atoms with Gasteiger partial charge in [0.2, 0.25) is 0 Å². The third-order valence-corrected chi connectivity index (χ3v) is 2.99. The molecule has 0 bridgehead atoms. The van der Waals surface area contributed by atoms with Gasteiger partial charge >= 0.3 is 0 Å². The highest BCUT2D eigenvalue weighted by Crippen LogP contribution is 2.25. The maximum atomic E-state index is 9.17. The fourth-order valence-electron chi connectivity index (χ4n) is 1.77. The summed E-state index contributed by atoms with van der Waals surface area (Å²) >= 11 is 0. The van der Waals surface area contributed by atoms with Crippen LogP contribution in [0.2, 0.25) is 0 Å². The van der Waals surface area contributed by atoms with E-state index >= 15 is 0 Å². The van der Waals surface area contributed by atoms with Gasteiger partial charge in [-0.05, 0) is 24.6 Å². The molecule has 0 radical (unpaired) electrons. The van der Waals surface area contributed by atoms with E-state index in [2.05, 4.69) is 0 Å². The zero-order valence-corrected chi connectivity index (χ0v) is 13.1. The Hall–Kier alpha value is -1.38. The fourth-order valence-corrected chi connectivity index (χ4v) is 1.77. The van der Waals surface area contributed by atoms with Gasteiger partial charge in [-0.3, -0.25) is 0 Å². The minimum absolute atomic E-state index is 0.0935. The Balaban J connectivity index is 0.000000360. The van der Waals surface area contributed by atoms with Crippen LogP contribution in [0.5, 0.6) is 11.5 Å². The largest absolute Gasteiger partial charge is 0.504 e. The SMILES string of the molecule is CO.COc1ccc(C)cc1O.OCC1CC(O)C(O)CO1. The molecule has 1 fully saturated rings. The molecule has 128 valence electrons.